The summed E-state index contributed by atoms with van der Waals surface area (Å²) >= 11 is 6.33. The summed E-state index contributed by atoms with van der Waals surface area (Å²) in [4.78, 5) is 27.6. The number of nitrogens with one attached hydrogen (secondary N) is 1. The van der Waals surface area contributed by atoms with E-state index in [0.29, 0.717) is 23.0 Å². The number of nitrogens with zero attached hydrogens (tertiary/aromatic N) is 2. The normalized spacial score (nSPS) is 12.0. The quantitative estimate of drug-likeness (QED) is 0.364. The molecule has 0 aliphatic rings. The molecular weight excluding hydrogens is 502 g/mol. The van der Waals surface area contributed by atoms with Gasteiger partial charge in [-0.25, -0.2) is 8.42 Å². The highest BCUT2D eigenvalue weighted by Crippen LogP contribution is 2.24. The molecule has 0 radical (unpaired) electrons. The van der Waals surface area contributed by atoms with E-state index in [2.05, 4.69) is 5.32 Å². The number of rotatable bonds is 14. The maximum atomic E-state index is 13.3. The molecule has 2 amide bonds. The van der Waals surface area contributed by atoms with E-state index in [0.717, 1.165) is 24.7 Å². The topological polar surface area (TPSA) is 96.0 Å². The molecule has 198 valence electrons. The third-order valence-electron chi connectivity index (χ3n) is 5.79. The van der Waals surface area contributed by atoms with Crippen LogP contribution in [0.15, 0.2) is 48.5 Å². The first-order valence-corrected chi connectivity index (χ1v) is 14.2. The summed E-state index contributed by atoms with van der Waals surface area (Å²) in [5.74, 6) is 0.0382. The van der Waals surface area contributed by atoms with E-state index in [9.17, 15) is 18.0 Å². The minimum absolute atomic E-state index is 0.0625. The summed E-state index contributed by atoms with van der Waals surface area (Å²) in [5, 5.41) is 3.39. The molecular formula is C26H36ClN3O5S. The molecule has 0 fully saturated rings. The number of hydrogen-bond donors (Lipinski definition) is 1. The number of carbonyl (C=O) groups excluding carboxylic acids is 2. The highest BCUT2D eigenvalue weighted by atomic mass is 35.5. The summed E-state index contributed by atoms with van der Waals surface area (Å²) in [5.41, 5.74) is 1.19. The van der Waals surface area contributed by atoms with E-state index in [1.165, 1.54) is 16.3 Å². The zero-order valence-corrected chi connectivity index (χ0v) is 22.9. The molecule has 2 aromatic carbocycles. The van der Waals surface area contributed by atoms with Crippen molar-refractivity contribution in [2.75, 3.05) is 30.8 Å². The first kappa shape index (κ1) is 29.5. The minimum atomic E-state index is -3.59. The Morgan fingerprint density at radius 2 is 1.83 bits per heavy atom. The smallest absolute Gasteiger partial charge is 0.242 e. The predicted molar refractivity (Wildman–Crippen MR) is 144 cm³/mol. The monoisotopic (exact) mass is 537 g/mol. The first-order valence-electron chi connectivity index (χ1n) is 12.0. The largest absolute Gasteiger partial charge is 0.497 e. The number of sulfonamides is 1. The SMILES string of the molecule is CCCCNC(=O)[C@@H](C)N(Cc1ccccc1Cl)C(=O)CCCN(c1cccc(OC)c1)S(C)(=O)=O. The van der Waals surface area contributed by atoms with Crippen molar-refractivity contribution in [3.05, 3.63) is 59.1 Å². The Bertz CT molecular complexity index is 1130. The number of benzene rings is 2. The second-order valence-electron chi connectivity index (χ2n) is 8.57. The first-order chi connectivity index (χ1) is 17.1. The Hall–Kier alpha value is -2.78. The lowest BCUT2D eigenvalue weighted by molar-refractivity contribution is -0.140. The van der Waals surface area contributed by atoms with Gasteiger partial charge in [-0.1, -0.05) is 49.2 Å². The number of hydrogen-bond acceptors (Lipinski definition) is 5. The molecule has 0 aliphatic heterocycles. The van der Waals surface area contributed by atoms with Crippen molar-refractivity contribution in [1.82, 2.24) is 10.2 Å². The van der Waals surface area contributed by atoms with Crippen LogP contribution in [0.2, 0.25) is 5.02 Å². The maximum absolute atomic E-state index is 13.3. The summed E-state index contributed by atoms with van der Waals surface area (Å²) < 4.78 is 31.4. The van der Waals surface area contributed by atoms with E-state index < -0.39 is 16.1 Å². The van der Waals surface area contributed by atoms with Crippen molar-refractivity contribution in [2.24, 2.45) is 0 Å². The average molecular weight is 538 g/mol. The third kappa shape index (κ3) is 8.71. The maximum Gasteiger partial charge on any atom is 0.242 e. The van der Waals surface area contributed by atoms with Gasteiger partial charge in [-0.05, 0) is 43.5 Å². The zero-order valence-electron chi connectivity index (χ0n) is 21.4. The Morgan fingerprint density at radius 1 is 1.11 bits per heavy atom. The summed E-state index contributed by atoms with van der Waals surface area (Å²) in [7, 11) is -2.08. The van der Waals surface area contributed by atoms with Gasteiger partial charge in [0.25, 0.3) is 0 Å². The van der Waals surface area contributed by atoms with Crippen LogP contribution in [0.25, 0.3) is 0 Å². The van der Waals surface area contributed by atoms with Gasteiger partial charge in [0.1, 0.15) is 11.8 Å². The molecule has 8 nitrogen and oxygen atoms in total. The van der Waals surface area contributed by atoms with Crippen molar-refractivity contribution in [3.63, 3.8) is 0 Å². The van der Waals surface area contributed by atoms with Crippen LogP contribution < -0.4 is 14.4 Å². The van der Waals surface area contributed by atoms with E-state index in [1.54, 1.807) is 43.3 Å². The van der Waals surface area contributed by atoms with Gasteiger partial charge < -0.3 is 15.0 Å². The molecule has 0 aromatic heterocycles. The standard InChI is InChI=1S/C26H36ClN3O5S/c1-5-6-16-28-26(32)20(2)29(19-21-11-7-8-14-24(21)27)25(31)15-10-17-30(36(4,33)34)22-12-9-13-23(18-22)35-3/h7-9,11-14,18,20H,5-6,10,15-17,19H2,1-4H3,(H,28,32)/t20-/m1/s1. The number of unbranched alkanes of at least 4 members (excludes halogenated alkanes) is 1. The van der Waals surface area contributed by atoms with Crippen LogP contribution in [0.1, 0.15) is 45.1 Å². The molecule has 0 heterocycles. The molecule has 0 bridgehead atoms. The van der Waals surface area contributed by atoms with Crippen LogP contribution in [0.5, 0.6) is 5.75 Å². The third-order valence-corrected chi connectivity index (χ3v) is 7.35. The van der Waals surface area contributed by atoms with Crippen molar-refractivity contribution >= 4 is 39.1 Å². The predicted octanol–water partition coefficient (Wildman–Crippen LogP) is 4.23. The highest BCUT2D eigenvalue weighted by Gasteiger charge is 2.27. The number of methoxy groups -OCH3 is 1. The molecule has 0 spiro atoms. The van der Waals surface area contributed by atoms with Crippen LogP contribution in [-0.2, 0) is 26.2 Å². The Kier molecular flexibility index (Phi) is 11.5. The van der Waals surface area contributed by atoms with Crippen molar-refractivity contribution in [1.29, 1.82) is 0 Å². The molecule has 10 heteroatoms. The Labute approximate surface area is 219 Å². The Morgan fingerprint density at radius 3 is 2.47 bits per heavy atom. The van der Waals surface area contributed by atoms with Gasteiger partial charge in [0.05, 0.1) is 19.1 Å². The van der Waals surface area contributed by atoms with Gasteiger partial charge in [0.15, 0.2) is 0 Å². The number of amides is 2. The van der Waals surface area contributed by atoms with E-state index >= 15 is 0 Å². The van der Waals surface area contributed by atoms with Gasteiger partial charge in [-0.2, -0.15) is 0 Å². The van der Waals surface area contributed by atoms with E-state index in [1.807, 2.05) is 19.1 Å². The van der Waals surface area contributed by atoms with Gasteiger partial charge in [-0.3, -0.25) is 13.9 Å². The van der Waals surface area contributed by atoms with Crippen molar-refractivity contribution < 1.29 is 22.7 Å². The number of carbonyl (C=O) groups is 2. The molecule has 1 atom stereocenters. The molecule has 36 heavy (non-hydrogen) atoms. The average Bonchev–Trinajstić information content (AvgIpc) is 2.85. The Balaban J connectivity index is 2.17. The van der Waals surface area contributed by atoms with Crippen LogP contribution >= 0.6 is 11.6 Å². The molecule has 0 aliphatic carbocycles. The van der Waals surface area contributed by atoms with Gasteiger partial charge in [-0.15, -0.1) is 0 Å². The minimum Gasteiger partial charge on any atom is -0.497 e. The lowest BCUT2D eigenvalue weighted by atomic mass is 10.1. The van der Waals surface area contributed by atoms with E-state index in [-0.39, 0.29) is 37.7 Å². The zero-order chi connectivity index (χ0) is 26.7. The molecule has 0 unspecified atom stereocenters. The molecule has 0 saturated carbocycles. The lowest BCUT2D eigenvalue weighted by Crippen LogP contribution is -2.48. The number of halogens is 1. The van der Waals surface area contributed by atoms with Gasteiger partial charge >= 0.3 is 0 Å². The summed E-state index contributed by atoms with van der Waals surface area (Å²) in [6.07, 6.45) is 3.25. The summed E-state index contributed by atoms with van der Waals surface area (Å²) in [6, 6.07) is 13.2. The summed E-state index contributed by atoms with van der Waals surface area (Å²) in [6.45, 7) is 4.54. The fraction of sp³-hybridized carbons (Fsp3) is 0.462. The lowest BCUT2D eigenvalue weighted by Gasteiger charge is -2.29. The molecule has 2 aromatic rings. The highest BCUT2D eigenvalue weighted by molar-refractivity contribution is 7.92. The van der Waals surface area contributed by atoms with E-state index in [4.69, 9.17) is 16.3 Å². The van der Waals surface area contributed by atoms with Gasteiger partial charge in [0, 0.05) is 37.1 Å². The van der Waals surface area contributed by atoms with Crippen molar-refractivity contribution in [3.8, 4) is 5.75 Å². The second-order valence-corrected chi connectivity index (χ2v) is 10.9. The van der Waals surface area contributed by atoms with Crippen LogP contribution in [0, 0.1) is 0 Å². The fourth-order valence-electron chi connectivity index (χ4n) is 3.70. The van der Waals surface area contributed by atoms with Crippen molar-refractivity contribution in [2.45, 2.75) is 52.1 Å². The molecule has 1 N–H and O–H groups in total. The molecule has 0 saturated heterocycles. The van der Waals surface area contributed by atoms with Crippen LogP contribution in [0.4, 0.5) is 5.69 Å². The fourth-order valence-corrected chi connectivity index (χ4v) is 4.85. The van der Waals surface area contributed by atoms with Gasteiger partial charge in [0.2, 0.25) is 21.8 Å². The van der Waals surface area contributed by atoms with Crippen LogP contribution in [0.3, 0.4) is 0 Å². The van der Waals surface area contributed by atoms with Crippen LogP contribution in [-0.4, -0.2) is 57.6 Å². The number of anilines is 1. The number of ether oxygens (including phenoxy) is 1. The molecule has 2 rings (SSSR count). The second kappa shape index (κ2) is 14.1.